The molecule has 0 saturated carbocycles. The van der Waals surface area contributed by atoms with Crippen molar-refractivity contribution >= 4 is 17.5 Å². The maximum atomic E-state index is 5.89. The molecule has 98 valence electrons. The number of nitrogens with zero attached hydrogens (tertiary/aromatic N) is 5. The summed E-state index contributed by atoms with van der Waals surface area (Å²) in [5.74, 6) is 1.51. The average molecular weight is 268 g/mol. The van der Waals surface area contributed by atoms with Crippen LogP contribution in [0.5, 0.6) is 0 Å². The van der Waals surface area contributed by atoms with Crippen LogP contribution in [0.3, 0.4) is 0 Å². The van der Waals surface area contributed by atoms with Gasteiger partial charge in [0.1, 0.15) is 0 Å². The van der Waals surface area contributed by atoms with E-state index >= 15 is 0 Å². The van der Waals surface area contributed by atoms with Gasteiger partial charge in [-0.15, -0.1) is 10.2 Å². The van der Waals surface area contributed by atoms with Crippen molar-refractivity contribution in [2.45, 2.75) is 25.8 Å². The molecule has 6 heteroatoms. The number of anilines is 1. The SMILES string of the molecule is Cc1nc(N2CC[C@H]3CCN(C)C[C@H]32)nnc1Cl. The summed E-state index contributed by atoms with van der Waals surface area (Å²) in [6.45, 7) is 5.20. The zero-order valence-electron chi connectivity index (χ0n) is 10.8. The van der Waals surface area contributed by atoms with Crippen molar-refractivity contribution in [2.24, 2.45) is 5.92 Å². The van der Waals surface area contributed by atoms with Crippen molar-refractivity contribution < 1.29 is 0 Å². The molecule has 2 atom stereocenters. The molecule has 0 aliphatic carbocycles. The van der Waals surface area contributed by atoms with Crippen LogP contribution in [0.4, 0.5) is 5.95 Å². The monoisotopic (exact) mass is 267 g/mol. The maximum absolute atomic E-state index is 5.89. The number of likely N-dealkylation sites (N-methyl/N-ethyl adjacent to an activating group) is 1. The number of rotatable bonds is 1. The molecule has 0 amide bonds. The van der Waals surface area contributed by atoms with Crippen molar-refractivity contribution in [3.63, 3.8) is 0 Å². The Morgan fingerprint density at radius 2 is 2.00 bits per heavy atom. The van der Waals surface area contributed by atoms with E-state index in [1.165, 1.54) is 19.4 Å². The fourth-order valence-corrected chi connectivity index (χ4v) is 3.13. The molecule has 0 N–H and O–H groups in total. The number of likely N-dealkylation sites (tertiary alicyclic amines) is 1. The van der Waals surface area contributed by atoms with Gasteiger partial charge in [-0.2, -0.15) is 0 Å². The smallest absolute Gasteiger partial charge is 0.245 e. The third-order valence-electron chi connectivity index (χ3n) is 4.12. The Bertz CT molecular complexity index is 452. The maximum Gasteiger partial charge on any atom is 0.245 e. The molecular formula is C12H18ClN5. The highest BCUT2D eigenvalue weighted by Gasteiger charge is 2.38. The van der Waals surface area contributed by atoms with Crippen LogP contribution in [0, 0.1) is 12.8 Å². The van der Waals surface area contributed by atoms with Gasteiger partial charge in [0, 0.05) is 19.1 Å². The second-order valence-corrected chi connectivity index (χ2v) is 5.71. The number of aromatic nitrogens is 3. The van der Waals surface area contributed by atoms with Gasteiger partial charge in [0.15, 0.2) is 5.15 Å². The van der Waals surface area contributed by atoms with Crippen molar-refractivity contribution in [2.75, 3.05) is 31.6 Å². The van der Waals surface area contributed by atoms with Crippen LogP contribution < -0.4 is 4.90 Å². The quantitative estimate of drug-likeness (QED) is 0.769. The van der Waals surface area contributed by atoms with Crippen LogP contribution in [-0.4, -0.2) is 52.8 Å². The molecule has 1 aromatic heterocycles. The molecule has 0 radical (unpaired) electrons. The van der Waals surface area contributed by atoms with E-state index in [1.54, 1.807) is 0 Å². The van der Waals surface area contributed by atoms with E-state index in [2.05, 4.69) is 32.0 Å². The molecule has 0 spiro atoms. The third kappa shape index (κ3) is 2.06. The summed E-state index contributed by atoms with van der Waals surface area (Å²) in [6.07, 6.45) is 2.52. The van der Waals surface area contributed by atoms with Gasteiger partial charge in [-0.25, -0.2) is 4.98 Å². The number of hydrogen-bond donors (Lipinski definition) is 0. The number of aryl methyl sites for hydroxylation is 1. The molecule has 0 bridgehead atoms. The standard InChI is InChI=1S/C12H18ClN5/c1-8-11(13)15-16-12(14-8)18-6-4-9-3-5-17(2)7-10(9)18/h9-10H,3-7H2,1-2H3/t9-,10-/m1/s1. The largest absolute Gasteiger partial charge is 0.335 e. The van der Waals surface area contributed by atoms with E-state index in [0.29, 0.717) is 11.2 Å². The minimum absolute atomic E-state index is 0.398. The summed E-state index contributed by atoms with van der Waals surface area (Å²) in [7, 11) is 2.18. The van der Waals surface area contributed by atoms with Crippen LogP contribution in [0.1, 0.15) is 18.5 Å². The molecule has 2 aliphatic heterocycles. The minimum atomic E-state index is 0.398. The molecule has 3 rings (SSSR count). The zero-order valence-corrected chi connectivity index (χ0v) is 11.6. The van der Waals surface area contributed by atoms with E-state index in [1.807, 2.05) is 6.92 Å². The molecule has 5 nitrogen and oxygen atoms in total. The van der Waals surface area contributed by atoms with Crippen molar-refractivity contribution in [1.29, 1.82) is 0 Å². The van der Waals surface area contributed by atoms with Crippen LogP contribution in [0.25, 0.3) is 0 Å². The minimum Gasteiger partial charge on any atom is -0.335 e. The van der Waals surface area contributed by atoms with Crippen LogP contribution in [-0.2, 0) is 0 Å². The van der Waals surface area contributed by atoms with Gasteiger partial charge in [-0.1, -0.05) is 11.6 Å². The molecule has 2 aliphatic rings. The molecule has 0 aromatic carbocycles. The lowest BCUT2D eigenvalue weighted by molar-refractivity contribution is 0.207. The number of piperidine rings is 1. The first-order valence-electron chi connectivity index (χ1n) is 6.47. The first-order valence-corrected chi connectivity index (χ1v) is 6.85. The fraction of sp³-hybridized carbons (Fsp3) is 0.750. The summed E-state index contributed by atoms with van der Waals surface area (Å²) in [5, 5.41) is 8.53. The Morgan fingerprint density at radius 3 is 2.78 bits per heavy atom. The van der Waals surface area contributed by atoms with Crippen LogP contribution in [0.15, 0.2) is 0 Å². The summed E-state index contributed by atoms with van der Waals surface area (Å²) >= 11 is 5.89. The van der Waals surface area contributed by atoms with Crippen molar-refractivity contribution in [3.05, 3.63) is 10.8 Å². The first-order chi connectivity index (χ1) is 8.65. The highest BCUT2D eigenvalue weighted by molar-refractivity contribution is 6.29. The first kappa shape index (κ1) is 12.1. The van der Waals surface area contributed by atoms with Gasteiger partial charge in [0.05, 0.1) is 5.69 Å². The Morgan fingerprint density at radius 1 is 1.22 bits per heavy atom. The molecule has 2 saturated heterocycles. The lowest BCUT2D eigenvalue weighted by Crippen LogP contribution is -2.47. The average Bonchev–Trinajstić information content (AvgIpc) is 2.75. The van der Waals surface area contributed by atoms with Gasteiger partial charge >= 0.3 is 0 Å². The molecule has 0 unspecified atom stereocenters. The van der Waals surface area contributed by atoms with E-state index in [9.17, 15) is 0 Å². The van der Waals surface area contributed by atoms with E-state index in [0.717, 1.165) is 30.6 Å². The Balaban J connectivity index is 1.85. The predicted molar refractivity (Wildman–Crippen MR) is 70.9 cm³/mol. The van der Waals surface area contributed by atoms with Crippen LogP contribution >= 0.6 is 11.6 Å². The molecule has 3 heterocycles. The number of hydrogen-bond acceptors (Lipinski definition) is 5. The predicted octanol–water partition coefficient (Wildman–Crippen LogP) is 1.36. The number of halogens is 1. The van der Waals surface area contributed by atoms with Gasteiger partial charge in [-0.05, 0) is 39.3 Å². The van der Waals surface area contributed by atoms with E-state index in [-0.39, 0.29) is 0 Å². The summed E-state index contributed by atoms with van der Waals surface area (Å²) in [4.78, 5) is 9.16. The molecule has 2 fully saturated rings. The Kier molecular flexibility index (Phi) is 3.11. The van der Waals surface area contributed by atoms with Gasteiger partial charge in [0.2, 0.25) is 5.95 Å². The van der Waals surface area contributed by atoms with Gasteiger partial charge in [0.25, 0.3) is 0 Å². The Labute approximate surface area is 112 Å². The summed E-state index contributed by atoms with van der Waals surface area (Å²) in [6, 6.07) is 0.533. The van der Waals surface area contributed by atoms with E-state index < -0.39 is 0 Å². The molecular weight excluding hydrogens is 250 g/mol. The van der Waals surface area contributed by atoms with Crippen molar-refractivity contribution in [3.8, 4) is 0 Å². The topological polar surface area (TPSA) is 45.2 Å². The molecule has 18 heavy (non-hydrogen) atoms. The summed E-state index contributed by atoms with van der Waals surface area (Å²) < 4.78 is 0. The van der Waals surface area contributed by atoms with E-state index in [4.69, 9.17) is 11.6 Å². The zero-order chi connectivity index (χ0) is 12.7. The third-order valence-corrected chi connectivity index (χ3v) is 4.47. The fourth-order valence-electron chi connectivity index (χ4n) is 3.05. The van der Waals surface area contributed by atoms with Crippen molar-refractivity contribution in [1.82, 2.24) is 20.1 Å². The molecule has 1 aromatic rings. The normalized spacial score (nSPS) is 28.5. The Hall–Kier alpha value is -0.940. The number of fused-ring (bicyclic) bond motifs is 1. The van der Waals surface area contributed by atoms with Gasteiger partial charge < -0.3 is 9.80 Å². The highest BCUT2D eigenvalue weighted by Crippen LogP contribution is 2.33. The second-order valence-electron chi connectivity index (χ2n) is 5.35. The van der Waals surface area contributed by atoms with Gasteiger partial charge in [-0.3, -0.25) is 0 Å². The lowest BCUT2D eigenvalue weighted by Gasteiger charge is -2.36. The second kappa shape index (κ2) is 4.63. The van der Waals surface area contributed by atoms with Crippen LogP contribution in [0.2, 0.25) is 5.15 Å². The highest BCUT2D eigenvalue weighted by atomic mass is 35.5. The summed E-state index contributed by atoms with van der Waals surface area (Å²) in [5.41, 5.74) is 0.759. The lowest BCUT2D eigenvalue weighted by atomic mass is 9.92.